The van der Waals surface area contributed by atoms with E-state index >= 15 is 0 Å². The number of aryl methyl sites for hydroxylation is 2. The standard InChI is InChI=1S/C17H21N3/c1-3-13-8-7-10-15(12-13)19-17(18)20-16-11-6-5-9-14(16)4-2/h5-12H,3-4H2,1-2H3,(H3,18,19,20). The van der Waals surface area contributed by atoms with Gasteiger partial charge in [0.1, 0.15) is 0 Å². The van der Waals surface area contributed by atoms with Crippen molar-refractivity contribution in [2.45, 2.75) is 26.7 Å². The fraction of sp³-hybridized carbons (Fsp3) is 0.235. The van der Waals surface area contributed by atoms with E-state index in [2.05, 4.69) is 42.4 Å². The number of rotatable bonds is 4. The molecule has 0 aromatic heterocycles. The molecule has 0 heterocycles. The molecule has 0 aliphatic heterocycles. The average molecular weight is 267 g/mol. The van der Waals surface area contributed by atoms with Crippen LogP contribution in [0.1, 0.15) is 25.0 Å². The van der Waals surface area contributed by atoms with Crippen LogP contribution in [-0.2, 0) is 12.8 Å². The van der Waals surface area contributed by atoms with E-state index in [0.29, 0.717) is 5.96 Å². The summed E-state index contributed by atoms with van der Waals surface area (Å²) in [6.07, 6.45) is 1.96. The third kappa shape index (κ3) is 3.60. The molecule has 3 heteroatoms. The van der Waals surface area contributed by atoms with Gasteiger partial charge in [-0.15, -0.1) is 0 Å². The van der Waals surface area contributed by atoms with Crippen molar-refractivity contribution in [1.82, 2.24) is 0 Å². The Hall–Kier alpha value is -2.29. The van der Waals surface area contributed by atoms with E-state index in [-0.39, 0.29) is 0 Å². The molecule has 2 rings (SSSR count). The van der Waals surface area contributed by atoms with Gasteiger partial charge in [-0.1, -0.05) is 44.2 Å². The second kappa shape index (κ2) is 6.75. The zero-order valence-corrected chi connectivity index (χ0v) is 12.1. The van der Waals surface area contributed by atoms with Crippen LogP contribution in [0.15, 0.2) is 53.5 Å². The Kier molecular flexibility index (Phi) is 4.77. The highest BCUT2D eigenvalue weighted by atomic mass is 15.1. The van der Waals surface area contributed by atoms with Crippen molar-refractivity contribution in [2.24, 2.45) is 10.7 Å². The Bertz CT molecular complexity index is 603. The summed E-state index contributed by atoms with van der Waals surface area (Å²) >= 11 is 0. The molecule has 0 spiro atoms. The Labute approximate surface area is 120 Å². The molecule has 0 atom stereocenters. The predicted molar refractivity (Wildman–Crippen MR) is 86.5 cm³/mol. The molecule has 0 amide bonds. The zero-order chi connectivity index (χ0) is 14.4. The number of nitrogens with one attached hydrogen (secondary N) is 1. The first kappa shape index (κ1) is 14.1. The first-order chi connectivity index (χ1) is 9.72. The number of nitrogens with zero attached hydrogens (tertiary/aromatic N) is 1. The lowest BCUT2D eigenvalue weighted by molar-refractivity contribution is 1.14. The Morgan fingerprint density at radius 3 is 2.60 bits per heavy atom. The normalized spacial score (nSPS) is 11.4. The van der Waals surface area contributed by atoms with Crippen LogP contribution in [0.25, 0.3) is 0 Å². The van der Waals surface area contributed by atoms with Gasteiger partial charge in [0.15, 0.2) is 5.96 Å². The molecule has 0 radical (unpaired) electrons. The van der Waals surface area contributed by atoms with Crippen LogP contribution in [0.4, 0.5) is 11.4 Å². The SMILES string of the molecule is CCc1cccc(N=C(N)Nc2ccccc2CC)c1. The highest BCUT2D eigenvalue weighted by Gasteiger charge is 2.01. The van der Waals surface area contributed by atoms with Crippen LogP contribution in [-0.4, -0.2) is 5.96 Å². The van der Waals surface area contributed by atoms with Gasteiger partial charge in [0.05, 0.1) is 5.69 Å². The molecule has 2 aromatic carbocycles. The van der Waals surface area contributed by atoms with E-state index in [4.69, 9.17) is 5.73 Å². The fourth-order valence-electron chi connectivity index (χ4n) is 2.10. The van der Waals surface area contributed by atoms with Crippen molar-refractivity contribution in [3.63, 3.8) is 0 Å². The summed E-state index contributed by atoms with van der Waals surface area (Å²) in [5.74, 6) is 0.416. The summed E-state index contributed by atoms with van der Waals surface area (Å²) in [6, 6.07) is 16.2. The second-order valence-electron chi connectivity index (χ2n) is 4.66. The van der Waals surface area contributed by atoms with Gasteiger partial charge in [0, 0.05) is 5.69 Å². The molecule has 104 valence electrons. The molecule has 0 bridgehead atoms. The summed E-state index contributed by atoms with van der Waals surface area (Å²) < 4.78 is 0. The van der Waals surface area contributed by atoms with E-state index in [0.717, 1.165) is 24.2 Å². The molecule has 0 saturated carbocycles. The minimum atomic E-state index is 0.416. The van der Waals surface area contributed by atoms with Crippen LogP contribution in [0.3, 0.4) is 0 Å². The molecule has 0 aliphatic carbocycles. The van der Waals surface area contributed by atoms with Gasteiger partial charge >= 0.3 is 0 Å². The number of guanidine groups is 1. The maximum absolute atomic E-state index is 5.99. The first-order valence-electron chi connectivity index (χ1n) is 7.01. The van der Waals surface area contributed by atoms with Gasteiger partial charge in [0.2, 0.25) is 0 Å². The molecule has 2 aromatic rings. The molecule has 20 heavy (non-hydrogen) atoms. The summed E-state index contributed by atoms with van der Waals surface area (Å²) in [5.41, 5.74) is 10.4. The Morgan fingerprint density at radius 2 is 1.85 bits per heavy atom. The molecular formula is C17H21N3. The van der Waals surface area contributed by atoms with E-state index in [1.165, 1.54) is 11.1 Å². The van der Waals surface area contributed by atoms with Crippen molar-refractivity contribution in [3.05, 3.63) is 59.7 Å². The summed E-state index contributed by atoms with van der Waals surface area (Å²) in [4.78, 5) is 4.42. The van der Waals surface area contributed by atoms with E-state index in [1.54, 1.807) is 0 Å². The molecule has 0 aliphatic rings. The number of benzene rings is 2. The molecule has 0 unspecified atom stereocenters. The van der Waals surface area contributed by atoms with Crippen LogP contribution in [0.2, 0.25) is 0 Å². The number of hydrogen-bond acceptors (Lipinski definition) is 1. The number of hydrogen-bond donors (Lipinski definition) is 2. The van der Waals surface area contributed by atoms with Crippen molar-refractivity contribution in [2.75, 3.05) is 5.32 Å². The van der Waals surface area contributed by atoms with Gasteiger partial charge in [0.25, 0.3) is 0 Å². The Morgan fingerprint density at radius 1 is 1.05 bits per heavy atom. The van der Waals surface area contributed by atoms with Crippen molar-refractivity contribution >= 4 is 17.3 Å². The van der Waals surface area contributed by atoms with Crippen molar-refractivity contribution < 1.29 is 0 Å². The van der Waals surface area contributed by atoms with Gasteiger partial charge in [-0.3, -0.25) is 0 Å². The second-order valence-corrected chi connectivity index (χ2v) is 4.66. The quantitative estimate of drug-likeness (QED) is 0.652. The van der Waals surface area contributed by atoms with Crippen LogP contribution < -0.4 is 11.1 Å². The number of anilines is 1. The predicted octanol–water partition coefficient (Wildman–Crippen LogP) is 3.87. The molecule has 0 fully saturated rings. The largest absolute Gasteiger partial charge is 0.369 e. The van der Waals surface area contributed by atoms with Crippen LogP contribution >= 0.6 is 0 Å². The Balaban J connectivity index is 2.18. The lowest BCUT2D eigenvalue weighted by atomic mass is 10.1. The average Bonchev–Trinajstić information content (AvgIpc) is 2.48. The van der Waals surface area contributed by atoms with Gasteiger partial charge in [-0.05, 0) is 42.2 Å². The maximum atomic E-state index is 5.99. The molecular weight excluding hydrogens is 246 g/mol. The minimum Gasteiger partial charge on any atom is -0.369 e. The monoisotopic (exact) mass is 267 g/mol. The number of para-hydroxylation sites is 1. The molecule has 3 N–H and O–H groups in total. The highest BCUT2D eigenvalue weighted by molar-refractivity contribution is 5.94. The van der Waals surface area contributed by atoms with Gasteiger partial charge < -0.3 is 11.1 Å². The highest BCUT2D eigenvalue weighted by Crippen LogP contribution is 2.17. The summed E-state index contributed by atoms with van der Waals surface area (Å²) in [6.45, 7) is 4.25. The minimum absolute atomic E-state index is 0.416. The smallest absolute Gasteiger partial charge is 0.198 e. The van der Waals surface area contributed by atoms with Crippen LogP contribution in [0, 0.1) is 0 Å². The van der Waals surface area contributed by atoms with E-state index in [9.17, 15) is 0 Å². The van der Waals surface area contributed by atoms with Crippen LogP contribution in [0.5, 0.6) is 0 Å². The molecule has 3 nitrogen and oxygen atoms in total. The van der Waals surface area contributed by atoms with Gasteiger partial charge in [-0.25, -0.2) is 4.99 Å². The van der Waals surface area contributed by atoms with E-state index in [1.807, 2.05) is 30.3 Å². The summed E-state index contributed by atoms with van der Waals surface area (Å²) in [5, 5.41) is 3.18. The fourth-order valence-corrected chi connectivity index (χ4v) is 2.10. The number of aliphatic imine (C=N–C) groups is 1. The topological polar surface area (TPSA) is 50.4 Å². The van der Waals surface area contributed by atoms with Crippen molar-refractivity contribution in [3.8, 4) is 0 Å². The van der Waals surface area contributed by atoms with E-state index < -0.39 is 0 Å². The first-order valence-corrected chi connectivity index (χ1v) is 7.01. The lowest BCUT2D eigenvalue weighted by Crippen LogP contribution is -2.22. The lowest BCUT2D eigenvalue weighted by Gasteiger charge is -2.10. The van der Waals surface area contributed by atoms with Gasteiger partial charge in [-0.2, -0.15) is 0 Å². The maximum Gasteiger partial charge on any atom is 0.198 e. The summed E-state index contributed by atoms with van der Waals surface area (Å²) in [7, 11) is 0. The zero-order valence-electron chi connectivity index (χ0n) is 12.1. The third-order valence-corrected chi connectivity index (χ3v) is 3.23. The molecule has 0 saturated heterocycles. The third-order valence-electron chi connectivity index (χ3n) is 3.23. The van der Waals surface area contributed by atoms with Crippen molar-refractivity contribution in [1.29, 1.82) is 0 Å². The number of nitrogens with two attached hydrogens (primary N) is 1.